The minimum Gasteiger partial charge on any atom is -0.326 e. The molecular formula is C15H17F3N4. The van der Waals surface area contributed by atoms with Crippen LogP contribution in [0, 0.1) is 12.8 Å². The minimum atomic E-state index is -4.17. The third kappa shape index (κ3) is 2.72. The van der Waals surface area contributed by atoms with Gasteiger partial charge in [0.2, 0.25) is 0 Å². The van der Waals surface area contributed by atoms with E-state index >= 15 is 0 Å². The summed E-state index contributed by atoms with van der Waals surface area (Å²) in [5, 5.41) is 4.36. The van der Waals surface area contributed by atoms with E-state index in [1.807, 2.05) is 25.1 Å². The molecule has 0 bridgehead atoms. The predicted molar refractivity (Wildman–Crippen MR) is 76.0 cm³/mol. The van der Waals surface area contributed by atoms with E-state index in [0.29, 0.717) is 18.2 Å². The van der Waals surface area contributed by atoms with Crippen LogP contribution in [0.25, 0.3) is 11.4 Å². The molecule has 1 aliphatic heterocycles. The first kappa shape index (κ1) is 15.0. The molecule has 1 atom stereocenters. The van der Waals surface area contributed by atoms with Crippen LogP contribution in [0.1, 0.15) is 23.4 Å². The number of halogens is 3. The lowest BCUT2D eigenvalue weighted by Crippen LogP contribution is -2.31. The van der Waals surface area contributed by atoms with E-state index in [1.165, 1.54) is 0 Å². The van der Waals surface area contributed by atoms with Gasteiger partial charge in [-0.2, -0.15) is 18.3 Å². The first-order valence-electron chi connectivity index (χ1n) is 7.19. The second kappa shape index (κ2) is 5.39. The molecule has 1 aliphatic rings. The van der Waals surface area contributed by atoms with Crippen LogP contribution < -0.4 is 5.73 Å². The largest absolute Gasteiger partial charge is 0.392 e. The molecule has 2 aromatic rings. The molecule has 7 heteroatoms. The van der Waals surface area contributed by atoms with E-state index in [-0.39, 0.29) is 19.4 Å². The Balaban J connectivity index is 1.91. The summed E-state index contributed by atoms with van der Waals surface area (Å²) in [7, 11) is 0. The summed E-state index contributed by atoms with van der Waals surface area (Å²) >= 11 is 0. The number of nitrogens with zero attached hydrogens (tertiary/aromatic N) is 3. The van der Waals surface area contributed by atoms with E-state index < -0.39 is 12.1 Å². The molecule has 0 spiro atoms. The molecule has 2 heterocycles. The molecule has 3 rings (SSSR count). The molecule has 0 aliphatic carbocycles. The SMILES string of the molecule is Cc1cc(CN)ccc1-c1nc2n(n1)CCC(C(F)(F)F)C2. The van der Waals surface area contributed by atoms with E-state index in [0.717, 1.165) is 16.7 Å². The Morgan fingerprint density at radius 3 is 2.77 bits per heavy atom. The van der Waals surface area contributed by atoms with Gasteiger partial charge in [0.15, 0.2) is 5.82 Å². The molecule has 1 unspecified atom stereocenters. The van der Waals surface area contributed by atoms with Crippen LogP contribution >= 0.6 is 0 Å². The quantitative estimate of drug-likeness (QED) is 0.928. The van der Waals surface area contributed by atoms with Crippen molar-refractivity contribution in [1.82, 2.24) is 14.8 Å². The van der Waals surface area contributed by atoms with Crippen molar-refractivity contribution < 1.29 is 13.2 Å². The number of aromatic nitrogens is 3. The normalized spacial score (nSPS) is 18.3. The van der Waals surface area contributed by atoms with Crippen molar-refractivity contribution in [3.63, 3.8) is 0 Å². The third-order valence-corrected chi connectivity index (χ3v) is 4.10. The molecule has 0 saturated carbocycles. The number of rotatable bonds is 2. The van der Waals surface area contributed by atoms with Crippen LogP contribution in [0.3, 0.4) is 0 Å². The van der Waals surface area contributed by atoms with Gasteiger partial charge in [-0.1, -0.05) is 18.2 Å². The van der Waals surface area contributed by atoms with Crippen molar-refractivity contribution in [2.75, 3.05) is 0 Å². The van der Waals surface area contributed by atoms with E-state index in [1.54, 1.807) is 4.68 Å². The zero-order chi connectivity index (χ0) is 15.9. The summed E-state index contributed by atoms with van der Waals surface area (Å²) in [6, 6.07) is 5.72. The fraction of sp³-hybridized carbons (Fsp3) is 0.467. The fourth-order valence-electron chi connectivity index (χ4n) is 2.80. The topological polar surface area (TPSA) is 56.7 Å². The molecule has 0 fully saturated rings. The highest BCUT2D eigenvalue weighted by molar-refractivity contribution is 5.60. The van der Waals surface area contributed by atoms with Crippen LogP contribution in [-0.4, -0.2) is 20.9 Å². The Labute approximate surface area is 126 Å². The molecule has 0 amide bonds. The van der Waals surface area contributed by atoms with Crippen LogP contribution in [0.2, 0.25) is 0 Å². The monoisotopic (exact) mass is 310 g/mol. The average Bonchev–Trinajstić information content (AvgIpc) is 2.88. The Hall–Kier alpha value is -1.89. The van der Waals surface area contributed by atoms with Crippen molar-refractivity contribution in [3.05, 3.63) is 35.2 Å². The average molecular weight is 310 g/mol. The maximum Gasteiger partial charge on any atom is 0.392 e. The second-order valence-corrected chi connectivity index (χ2v) is 5.66. The molecule has 0 saturated heterocycles. The smallest absolute Gasteiger partial charge is 0.326 e. The Bertz CT molecular complexity index is 691. The summed E-state index contributed by atoms with van der Waals surface area (Å²) in [6.07, 6.45) is -4.21. The number of benzene rings is 1. The van der Waals surface area contributed by atoms with E-state index in [9.17, 15) is 13.2 Å². The molecule has 4 nitrogen and oxygen atoms in total. The lowest BCUT2D eigenvalue weighted by molar-refractivity contribution is -0.179. The number of aryl methyl sites for hydroxylation is 2. The van der Waals surface area contributed by atoms with Crippen molar-refractivity contribution in [2.45, 2.75) is 39.0 Å². The number of hydrogen-bond acceptors (Lipinski definition) is 3. The first-order valence-corrected chi connectivity index (χ1v) is 7.19. The Morgan fingerprint density at radius 1 is 1.36 bits per heavy atom. The lowest BCUT2D eigenvalue weighted by Gasteiger charge is -2.24. The maximum absolute atomic E-state index is 12.8. The number of hydrogen-bond donors (Lipinski definition) is 1. The maximum atomic E-state index is 12.8. The summed E-state index contributed by atoms with van der Waals surface area (Å²) in [4.78, 5) is 4.32. The molecule has 22 heavy (non-hydrogen) atoms. The van der Waals surface area contributed by atoms with Gasteiger partial charge in [-0.25, -0.2) is 9.67 Å². The second-order valence-electron chi connectivity index (χ2n) is 5.66. The Kier molecular flexibility index (Phi) is 3.68. The van der Waals surface area contributed by atoms with Gasteiger partial charge in [0, 0.05) is 25.1 Å². The van der Waals surface area contributed by atoms with Crippen molar-refractivity contribution in [3.8, 4) is 11.4 Å². The summed E-state index contributed by atoms with van der Waals surface area (Å²) in [6.45, 7) is 2.63. The van der Waals surface area contributed by atoms with Gasteiger partial charge < -0.3 is 5.73 Å². The van der Waals surface area contributed by atoms with E-state index in [2.05, 4.69) is 10.1 Å². The zero-order valence-corrected chi connectivity index (χ0v) is 12.2. The summed E-state index contributed by atoms with van der Waals surface area (Å²) < 4.78 is 40.1. The molecule has 1 aromatic carbocycles. The van der Waals surface area contributed by atoms with Crippen LogP contribution in [0.5, 0.6) is 0 Å². The number of nitrogens with two attached hydrogens (primary N) is 1. The van der Waals surface area contributed by atoms with E-state index in [4.69, 9.17) is 5.73 Å². The number of fused-ring (bicyclic) bond motifs is 1. The molecule has 1 aromatic heterocycles. The Morgan fingerprint density at radius 2 is 2.14 bits per heavy atom. The van der Waals surface area contributed by atoms with Crippen LogP contribution in [-0.2, 0) is 19.5 Å². The van der Waals surface area contributed by atoms with Gasteiger partial charge in [0.05, 0.1) is 5.92 Å². The fourth-order valence-corrected chi connectivity index (χ4v) is 2.80. The molecular weight excluding hydrogens is 293 g/mol. The van der Waals surface area contributed by atoms with Crippen LogP contribution in [0.4, 0.5) is 13.2 Å². The van der Waals surface area contributed by atoms with Crippen molar-refractivity contribution in [2.24, 2.45) is 11.7 Å². The van der Waals surface area contributed by atoms with Crippen molar-refractivity contribution >= 4 is 0 Å². The van der Waals surface area contributed by atoms with Gasteiger partial charge in [0.25, 0.3) is 0 Å². The highest BCUT2D eigenvalue weighted by Gasteiger charge is 2.42. The first-order chi connectivity index (χ1) is 10.4. The molecule has 2 N–H and O–H groups in total. The predicted octanol–water partition coefficient (Wildman–Crippen LogP) is 2.84. The van der Waals surface area contributed by atoms with Crippen LogP contribution in [0.15, 0.2) is 18.2 Å². The highest BCUT2D eigenvalue weighted by atomic mass is 19.4. The van der Waals surface area contributed by atoms with Gasteiger partial charge >= 0.3 is 6.18 Å². The minimum absolute atomic E-state index is 0.0599. The lowest BCUT2D eigenvalue weighted by atomic mass is 9.98. The standard InChI is InChI=1S/C15H17F3N4/c1-9-6-10(8-19)2-3-12(9)14-20-13-7-11(15(16,17)18)4-5-22(13)21-14/h2-3,6,11H,4-5,7-8,19H2,1H3. The number of alkyl halides is 3. The third-order valence-electron chi connectivity index (χ3n) is 4.10. The van der Waals surface area contributed by atoms with Crippen molar-refractivity contribution in [1.29, 1.82) is 0 Å². The summed E-state index contributed by atoms with van der Waals surface area (Å²) in [5.74, 6) is -0.428. The highest BCUT2D eigenvalue weighted by Crippen LogP contribution is 2.35. The van der Waals surface area contributed by atoms with Gasteiger partial charge in [-0.05, 0) is 24.5 Å². The van der Waals surface area contributed by atoms with Gasteiger partial charge in [-0.3, -0.25) is 0 Å². The van der Waals surface area contributed by atoms with Gasteiger partial charge in [-0.15, -0.1) is 0 Å². The van der Waals surface area contributed by atoms with Gasteiger partial charge in [0.1, 0.15) is 5.82 Å². The molecule has 118 valence electrons. The summed E-state index contributed by atoms with van der Waals surface area (Å²) in [5.41, 5.74) is 8.41. The zero-order valence-electron chi connectivity index (χ0n) is 12.2. The molecule has 0 radical (unpaired) electrons.